The average molecular weight is 315 g/mol. The highest BCUT2D eigenvalue weighted by Crippen LogP contribution is 2.08. The Morgan fingerprint density at radius 2 is 1.50 bits per heavy atom. The molecule has 0 aromatic heterocycles. The quantitative estimate of drug-likeness (QED) is 0.891. The van der Waals surface area contributed by atoms with Crippen LogP contribution >= 0.6 is 0 Å². The molecule has 0 aliphatic carbocycles. The van der Waals surface area contributed by atoms with Crippen LogP contribution in [0.3, 0.4) is 0 Å². The molecule has 116 valence electrons. The molecule has 1 amide bonds. The molecule has 0 radical (unpaired) electrons. The number of hydrogen-bond donors (Lipinski definition) is 1. The lowest BCUT2D eigenvalue weighted by atomic mass is 10.1. The van der Waals surface area contributed by atoms with Crippen LogP contribution in [0.2, 0.25) is 0 Å². The van der Waals surface area contributed by atoms with Crippen molar-refractivity contribution in [1.82, 2.24) is 5.32 Å². The summed E-state index contributed by atoms with van der Waals surface area (Å²) in [6.45, 7) is 4.44. The summed E-state index contributed by atoms with van der Waals surface area (Å²) >= 11 is 0. The van der Waals surface area contributed by atoms with E-state index >= 15 is 0 Å². The minimum atomic E-state index is -1.07. The van der Waals surface area contributed by atoms with Gasteiger partial charge < -0.3 is 5.32 Å². The number of benzene rings is 2. The Hall–Kier alpha value is -1.94. The second-order valence-corrected chi connectivity index (χ2v) is 6.95. The van der Waals surface area contributed by atoms with Crippen molar-refractivity contribution in [1.29, 1.82) is 0 Å². The zero-order valence-corrected chi connectivity index (χ0v) is 13.8. The highest BCUT2D eigenvalue weighted by Gasteiger charge is 2.06. The maximum Gasteiger partial charge on any atom is 0.224 e. The van der Waals surface area contributed by atoms with E-state index in [0.29, 0.717) is 18.7 Å². The SMILES string of the molecule is Cc1ccc(CC(=O)NCC[S@](=O)c2ccc(C)cc2)cc1. The maximum atomic E-state index is 12.1. The Balaban J connectivity index is 1.75. The molecular weight excluding hydrogens is 294 g/mol. The summed E-state index contributed by atoms with van der Waals surface area (Å²) in [5.74, 6) is 0.396. The highest BCUT2D eigenvalue weighted by atomic mass is 32.2. The number of carbonyl (C=O) groups excluding carboxylic acids is 1. The first kappa shape index (κ1) is 16.4. The van der Waals surface area contributed by atoms with Crippen LogP contribution in [0.25, 0.3) is 0 Å². The van der Waals surface area contributed by atoms with E-state index in [0.717, 1.165) is 16.0 Å². The molecule has 0 bridgehead atoms. The molecule has 2 aromatic rings. The summed E-state index contributed by atoms with van der Waals surface area (Å²) in [7, 11) is -1.07. The number of amides is 1. The van der Waals surface area contributed by atoms with Gasteiger partial charge in [0.15, 0.2) is 0 Å². The number of carbonyl (C=O) groups is 1. The van der Waals surface area contributed by atoms with Gasteiger partial charge in [-0.3, -0.25) is 9.00 Å². The van der Waals surface area contributed by atoms with Crippen LogP contribution in [0, 0.1) is 13.8 Å². The van der Waals surface area contributed by atoms with Crippen LogP contribution in [0.15, 0.2) is 53.4 Å². The standard InChI is InChI=1S/C18H21NO2S/c1-14-3-7-16(8-4-14)13-18(20)19-11-12-22(21)17-9-5-15(2)6-10-17/h3-10H,11-13H2,1-2H3,(H,19,20)/t22-/m0/s1. The van der Waals surface area contributed by atoms with E-state index in [9.17, 15) is 9.00 Å². The van der Waals surface area contributed by atoms with Gasteiger partial charge in [0.2, 0.25) is 5.91 Å². The van der Waals surface area contributed by atoms with Crippen molar-refractivity contribution in [2.75, 3.05) is 12.3 Å². The summed E-state index contributed by atoms with van der Waals surface area (Å²) in [6.07, 6.45) is 0.359. The average Bonchev–Trinajstić information content (AvgIpc) is 2.50. The predicted octanol–water partition coefficient (Wildman–Crippen LogP) is 2.77. The number of rotatable bonds is 6. The molecule has 3 nitrogen and oxygen atoms in total. The minimum absolute atomic E-state index is 0.0373. The highest BCUT2D eigenvalue weighted by molar-refractivity contribution is 7.85. The summed E-state index contributed by atoms with van der Waals surface area (Å²) in [6, 6.07) is 15.6. The molecule has 0 aliphatic rings. The van der Waals surface area contributed by atoms with Gasteiger partial charge in [0.05, 0.1) is 17.2 Å². The summed E-state index contributed by atoms with van der Waals surface area (Å²) in [4.78, 5) is 12.7. The van der Waals surface area contributed by atoms with Crippen LogP contribution in [0.4, 0.5) is 0 Å². The van der Waals surface area contributed by atoms with Gasteiger partial charge in [-0.2, -0.15) is 0 Å². The molecule has 1 N–H and O–H groups in total. The number of hydrogen-bond acceptors (Lipinski definition) is 2. The van der Waals surface area contributed by atoms with E-state index in [4.69, 9.17) is 0 Å². The third-order valence-electron chi connectivity index (χ3n) is 3.38. The topological polar surface area (TPSA) is 46.2 Å². The van der Waals surface area contributed by atoms with Gasteiger partial charge in [0.1, 0.15) is 0 Å². The van der Waals surface area contributed by atoms with Gasteiger partial charge in [-0.05, 0) is 31.5 Å². The molecule has 0 fully saturated rings. The monoisotopic (exact) mass is 315 g/mol. The van der Waals surface area contributed by atoms with E-state index in [2.05, 4.69) is 5.32 Å². The summed E-state index contributed by atoms with van der Waals surface area (Å²) in [5.41, 5.74) is 3.31. The molecule has 0 unspecified atom stereocenters. The Labute approximate surface area is 134 Å². The van der Waals surface area contributed by atoms with Gasteiger partial charge in [0, 0.05) is 17.2 Å². The smallest absolute Gasteiger partial charge is 0.224 e. The zero-order valence-electron chi connectivity index (χ0n) is 13.0. The van der Waals surface area contributed by atoms with Crippen molar-refractivity contribution in [3.8, 4) is 0 Å². The van der Waals surface area contributed by atoms with E-state index < -0.39 is 10.8 Å². The van der Waals surface area contributed by atoms with Crippen molar-refractivity contribution < 1.29 is 9.00 Å². The van der Waals surface area contributed by atoms with Gasteiger partial charge in [0.25, 0.3) is 0 Å². The lowest BCUT2D eigenvalue weighted by molar-refractivity contribution is -0.120. The third-order valence-corrected chi connectivity index (χ3v) is 4.75. The Bertz CT molecular complexity index is 648. The first-order valence-corrected chi connectivity index (χ1v) is 8.64. The van der Waals surface area contributed by atoms with Crippen LogP contribution in [-0.4, -0.2) is 22.4 Å². The fourth-order valence-electron chi connectivity index (χ4n) is 2.04. The van der Waals surface area contributed by atoms with Gasteiger partial charge in [-0.1, -0.05) is 47.5 Å². The van der Waals surface area contributed by atoms with Crippen molar-refractivity contribution in [3.63, 3.8) is 0 Å². The number of aryl methyl sites for hydroxylation is 2. The molecular formula is C18H21NO2S. The van der Waals surface area contributed by atoms with E-state index in [-0.39, 0.29) is 5.91 Å². The molecule has 0 saturated carbocycles. The molecule has 0 saturated heterocycles. The van der Waals surface area contributed by atoms with Gasteiger partial charge in [-0.25, -0.2) is 0 Å². The summed E-state index contributed by atoms with van der Waals surface area (Å²) in [5, 5.41) is 2.83. The summed E-state index contributed by atoms with van der Waals surface area (Å²) < 4.78 is 12.1. The second kappa shape index (κ2) is 7.90. The fourth-order valence-corrected chi connectivity index (χ4v) is 3.01. The molecule has 1 atom stereocenters. The molecule has 0 spiro atoms. The van der Waals surface area contributed by atoms with Gasteiger partial charge in [-0.15, -0.1) is 0 Å². The molecule has 2 aromatic carbocycles. The van der Waals surface area contributed by atoms with Crippen LogP contribution in [0.5, 0.6) is 0 Å². The lowest BCUT2D eigenvalue weighted by Gasteiger charge is -2.06. The first-order valence-electron chi connectivity index (χ1n) is 7.32. The fraction of sp³-hybridized carbons (Fsp3) is 0.278. The minimum Gasteiger partial charge on any atom is -0.355 e. The van der Waals surface area contributed by atoms with E-state index in [1.165, 1.54) is 5.56 Å². The largest absolute Gasteiger partial charge is 0.355 e. The van der Waals surface area contributed by atoms with E-state index in [1.54, 1.807) is 0 Å². The Morgan fingerprint density at radius 3 is 2.09 bits per heavy atom. The first-order chi connectivity index (χ1) is 10.5. The molecule has 0 aliphatic heterocycles. The molecule has 0 heterocycles. The molecule has 22 heavy (non-hydrogen) atoms. The molecule has 4 heteroatoms. The third kappa shape index (κ3) is 5.11. The van der Waals surface area contributed by atoms with E-state index in [1.807, 2.05) is 62.4 Å². The van der Waals surface area contributed by atoms with Crippen molar-refractivity contribution in [2.24, 2.45) is 0 Å². The number of nitrogens with one attached hydrogen (secondary N) is 1. The van der Waals surface area contributed by atoms with Crippen LogP contribution in [0.1, 0.15) is 16.7 Å². The normalized spacial score (nSPS) is 11.9. The maximum absolute atomic E-state index is 12.1. The Morgan fingerprint density at radius 1 is 0.955 bits per heavy atom. The lowest BCUT2D eigenvalue weighted by Crippen LogP contribution is -2.29. The van der Waals surface area contributed by atoms with Crippen LogP contribution < -0.4 is 5.32 Å². The molecule has 2 rings (SSSR count). The zero-order chi connectivity index (χ0) is 15.9. The van der Waals surface area contributed by atoms with Gasteiger partial charge >= 0.3 is 0 Å². The van der Waals surface area contributed by atoms with Crippen molar-refractivity contribution >= 4 is 16.7 Å². The van der Waals surface area contributed by atoms with Crippen LogP contribution in [-0.2, 0) is 22.0 Å². The second-order valence-electron chi connectivity index (χ2n) is 5.38. The van der Waals surface area contributed by atoms with Crippen molar-refractivity contribution in [3.05, 3.63) is 65.2 Å². The predicted molar refractivity (Wildman–Crippen MR) is 90.3 cm³/mol. The Kier molecular flexibility index (Phi) is 5.90. The van der Waals surface area contributed by atoms with Crippen molar-refractivity contribution in [2.45, 2.75) is 25.2 Å².